The second-order valence-electron chi connectivity index (χ2n) is 8.51. The van der Waals surface area contributed by atoms with Gasteiger partial charge in [0.1, 0.15) is 5.54 Å². The minimum Gasteiger partial charge on any atom is -0.344 e. The monoisotopic (exact) mass is 383 g/mol. The molecule has 28 heavy (non-hydrogen) atoms. The van der Waals surface area contributed by atoms with E-state index in [4.69, 9.17) is 0 Å². The molecule has 2 heterocycles. The summed E-state index contributed by atoms with van der Waals surface area (Å²) in [5, 5.41) is 8.66. The number of rotatable bonds is 4. The molecule has 1 saturated heterocycles. The van der Waals surface area contributed by atoms with E-state index in [9.17, 15) is 9.59 Å². The zero-order valence-electron chi connectivity index (χ0n) is 16.8. The fourth-order valence-corrected chi connectivity index (χ4v) is 5.19. The maximum Gasteiger partial charge on any atom is 0.274 e. The SMILES string of the molecule is Cn1nc(C(=O)NCC2([NH+]3CCCCC3)CCCCC2)c2ccccc2c1=O. The van der Waals surface area contributed by atoms with Gasteiger partial charge >= 0.3 is 0 Å². The minimum absolute atomic E-state index is 0.158. The lowest BCUT2D eigenvalue weighted by molar-refractivity contribution is -0.957. The Bertz CT molecular complexity index is 908. The van der Waals surface area contributed by atoms with Crippen molar-refractivity contribution in [1.82, 2.24) is 15.1 Å². The number of hydrogen-bond donors (Lipinski definition) is 2. The number of benzene rings is 1. The van der Waals surface area contributed by atoms with E-state index in [1.54, 1.807) is 18.0 Å². The molecular formula is C22H31N4O2+. The third-order valence-corrected chi connectivity index (χ3v) is 6.78. The molecule has 150 valence electrons. The average molecular weight is 384 g/mol. The fraction of sp³-hybridized carbons (Fsp3) is 0.591. The topological polar surface area (TPSA) is 68.4 Å². The van der Waals surface area contributed by atoms with Gasteiger partial charge in [0, 0.05) is 25.3 Å². The number of fused-ring (bicyclic) bond motifs is 1. The molecule has 1 saturated carbocycles. The largest absolute Gasteiger partial charge is 0.344 e. The van der Waals surface area contributed by atoms with Crippen molar-refractivity contribution in [3.63, 3.8) is 0 Å². The molecule has 0 unspecified atom stereocenters. The van der Waals surface area contributed by atoms with Gasteiger partial charge in [-0.25, -0.2) is 4.68 Å². The van der Waals surface area contributed by atoms with E-state index >= 15 is 0 Å². The quantitative estimate of drug-likeness (QED) is 0.839. The molecule has 1 aromatic carbocycles. The van der Waals surface area contributed by atoms with E-state index in [1.165, 1.54) is 69.1 Å². The third-order valence-electron chi connectivity index (χ3n) is 6.78. The number of quaternary nitrogens is 1. The molecule has 0 bridgehead atoms. The maximum absolute atomic E-state index is 13.1. The number of nitrogens with one attached hydrogen (secondary N) is 2. The van der Waals surface area contributed by atoms with Gasteiger partial charge in [-0.2, -0.15) is 5.10 Å². The zero-order chi connectivity index (χ0) is 19.6. The fourth-order valence-electron chi connectivity index (χ4n) is 5.19. The number of likely N-dealkylation sites (tertiary alicyclic amines) is 1. The Morgan fingerprint density at radius 3 is 2.43 bits per heavy atom. The summed E-state index contributed by atoms with van der Waals surface area (Å²) in [6.45, 7) is 3.13. The van der Waals surface area contributed by atoms with E-state index in [1.807, 2.05) is 18.2 Å². The first-order chi connectivity index (χ1) is 13.6. The number of piperidine rings is 1. The summed E-state index contributed by atoms with van der Waals surface area (Å²) in [6.07, 6.45) is 10.1. The lowest BCUT2D eigenvalue weighted by Gasteiger charge is -2.45. The molecule has 1 aliphatic heterocycles. The van der Waals surface area contributed by atoms with Gasteiger partial charge in [0.2, 0.25) is 0 Å². The van der Waals surface area contributed by atoms with Crippen LogP contribution in [0, 0.1) is 0 Å². The molecule has 2 fully saturated rings. The smallest absolute Gasteiger partial charge is 0.274 e. The van der Waals surface area contributed by atoms with Gasteiger partial charge in [0.15, 0.2) is 5.69 Å². The first kappa shape index (κ1) is 19.1. The highest BCUT2D eigenvalue weighted by atomic mass is 16.2. The lowest BCUT2D eigenvalue weighted by atomic mass is 9.79. The molecule has 2 aliphatic rings. The van der Waals surface area contributed by atoms with Crippen LogP contribution < -0.4 is 15.8 Å². The number of carbonyl (C=O) groups excluding carboxylic acids is 1. The van der Waals surface area contributed by atoms with Crippen LogP contribution in [-0.4, -0.2) is 40.9 Å². The molecular weight excluding hydrogens is 352 g/mol. The van der Waals surface area contributed by atoms with Gasteiger partial charge in [-0.3, -0.25) is 9.59 Å². The Morgan fingerprint density at radius 2 is 1.71 bits per heavy atom. The number of hydrogen-bond acceptors (Lipinski definition) is 3. The second-order valence-corrected chi connectivity index (χ2v) is 8.51. The van der Waals surface area contributed by atoms with E-state index in [-0.39, 0.29) is 17.0 Å². The Balaban J connectivity index is 1.58. The van der Waals surface area contributed by atoms with Crippen molar-refractivity contribution in [2.45, 2.75) is 56.9 Å². The van der Waals surface area contributed by atoms with Crippen LogP contribution in [0.2, 0.25) is 0 Å². The molecule has 1 aliphatic carbocycles. The second kappa shape index (κ2) is 8.03. The third kappa shape index (κ3) is 3.58. The van der Waals surface area contributed by atoms with Crippen LogP contribution in [0.15, 0.2) is 29.1 Å². The van der Waals surface area contributed by atoms with Crippen molar-refractivity contribution >= 4 is 16.7 Å². The summed E-state index contributed by atoms with van der Waals surface area (Å²) in [4.78, 5) is 27.1. The molecule has 1 aromatic heterocycles. The summed E-state index contributed by atoms with van der Waals surface area (Å²) < 4.78 is 1.27. The van der Waals surface area contributed by atoms with E-state index in [0.717, 1.165) is 0 Å². The zero-order valence-corrected chi connectivity index (χ0v) is 16.8. The van der Waals surface area contributed by atoms with Crippen molar-refractivity contribution in [2.24, 2.45) is 7.05 Å². The Labute approximate surface area is 165 Å². The van der Waals surface area contributed by atoms with Gasteiger partial charge in [-0.1, -0.05) is 24.6 Å². The highest BCUT2D eigenvalue weighted by molar-refractivity contribution is 6.04. The van der Waals surface area contributed by atoms with Crippen molar-refractivity contribution < 1.29 is 9.69 Å². The highest BCUT2D eigenvalue weighted by Gasteiger charge is 2.42. The summed E-state index contributed by atoms with van der Waals surface area (Å²) in [5.41, 5.74) is 0.330. The van der Waals surface area contributed by atoms with Crippen LogP contribution in [-0.2, 0) is 7.05 Å². The Hall–Kier alpha value is -2.21. The maximum atomic E-state index is 13.1. The van der Waals surface area contributed by atoms with Crippen LogP contribution in [0.25, 0.3) is 10.8 Å². The van der Waals surface area contributed by atoms with Crippen molar-refractivity contribution in [3.05, 3.63) is 40.3 Å². The first-order valence-electron chi connectivity index (χ1n) is 10.7. The van der Waals surface area contributed by atoms with Gasteiger partial charge in [-0.15, -0.1) is 0 Å². The number of amides is 1. The number of aryl methyl sites for hydroxylation is 1. The molecule has 2 aromatic rings. The number of nitrogens with zero attached hydrogens (tertiary/aromatic N) is 2. The molecule has 0 radical (unpaired) electrons. The van der Waals surface area contributed by atoms with Gasteiger partial charge in [0.25, 0.3) is 11.5 Å². The molecule has 0 spiro atoms. The van der Waals surface area contributed by atoms with Gasteiger partial charge in [-0.05, 0) is 38.2 Å². The summed E-state index contributed by atoms with van der Waals surface area (Å²) in [6, 6.07) is 7.24. The Kier molecular flexibility index (Phi) is 5.49. The van der Waals surface area contributed by atoms with Crippen LogP contribution in [0.3, 0.4) is 0 Å². The normalized spacial score (nSPS) is 20.2. The van der Waals surface area contributed by atoms with Crippen molar-refractivity contribution in [3.8, 4) is 0 Å². The molecule has 6 heteroatoms. The minimum atomic E-state index is -0.173. The number of aromatic nitrogens is 2. The lowest BCUT2D eigenvalue weighted by Crippen LogP contribution is -3.22. The molecule has 2 N–H and O–H groups in total. The van der Waals surface area contributed by atoms with Gasteiger partial charge < -0.3 is 10.2 Å². The molecule has 4 rings (SSSR count). The highest BCUT2D eigenvalue weighted by Crippen LogP contribution is 2.26. The van der Waals surface area contributed by atoms with E-state index in [2.05, 4.69) is 10.4 Å². The molecule has 0 atom stereocenters. The molecule has 6 nitrogen and oxygen atoms in total. The van der Waals surface area contributed by atoms with Gasteiger partial charge in [0.05, 0.1) is 25.0 Å². The van der Waals surface area contributed by atoms with E-state index < -0.39 is 0 Å². The van der Waals surface area contributed by atoms with Crippen LogP contribution in [0.5, 0.6) is 0 Å². The van der Waals surface area contributed by atoms with Crippen LogP contribution >= 0.6 is 0 Å². The predicted molar refractivity (Wildman–Crippen MR) is 110 cm³/mol. The summed E-state index contributed by atoms with van der Waals surface area (Å²) >= 11 is 0. The first-order valence-corrected chi connectivity index (χ1v) is 10.7. The van der Waals surface area contributed by atoms with Crippen molar-refractivity contribution in [1.29, 1.82) is 0 Å². The predicted octanol–water partition coefficient (Wildman–Crippen LogP) is 1.44. The number of carbonyl (C=O) groups is 1. The standard InChI is InChI=1S/C22H30N4O2/c1-25-21(28)18-11-5-4-10-17(18)19(24-25)20(27)23-16-22(12-6-2-7-13-22)26-14-8-3-9-15-26/h4-5,10-11H,2-3,6-9,12-16H2,1H3,(H,23,27)/p+1. The summed E-state index contributed by atoms with van der Waals surface area (Å²) in [7, 11) is 1.60. The molecule has 1 amide bonds. The van der Waals surface area contributed by atoms with E-state index in [0.29, 0.717) is 23.0 Å². The van der Waals surface area contributed by atoms with Crippen LogP contribution in [0.1, 0.15) is 61.9 Å². The van der Waals surface area contributed by atoms with Crippen LogP contribution in [0.4, 0.5) is 0 Å². The summed E-state index contributed by atoms with van der Waals surface area (Å²) in [5.74, 6) is -0.173. The Morgan fingerprint density at radius 1 is 1.07 bits per heavy atom. The average Bonchev–Trinajstić information content (AvgIpc) is 2.76. The van der Waals surface area contributed by atoms with Crippen molar-refractivity contribution in [2.75, 3.05) is 19.6 Å².